The monoisotopic (exact) mass is 778 g/mol. The molecule has 3 heteroatoms. The first-order chi connectivity index (χ1) is 29.8. The summed E-state index contributed by atoms with van der Waals surface area (Å²) >= 11 is 1.88. The lowest BCUT2D eigenvalue weighted by Gasteiger charge is -2.39. The molecule has 0 unspecified atom stereocenters. The quantitative estimate of drug-likeness (QED) is 0.173. The molecule has 0 bridgehead atoms. The van der Waals surface area contributed by atoms with Crippen molar-refractivity contribution in [3.8, 4) is 16.8 Å². The Hall–Kier alpha value is -7.46. The van der Waals surface area contributed by atoms with Crippen LogP contribution in [0, 0.1) is 0 Å². The normalized spacial score (nSPS) is 13.5. The number of fused-ring (bicyclic) bond motifs is 11. The largest absolute Gasteiger partial charge is 0.310 e. The maximum Gasteiger partial charge on any atom is 0.0727 e. The predicted octanol–water partition coefficient (Wildman–Crippen LogP) is 15.6. The second kappa shape index (κ2) is 11.8. The molecule has 0 fully saturated rings. The minimum atomic E-state index is -0.554. The van der Waals surface area contributed by atoms with Gasteiger partial charge in [-0.15, -0.1) is 11.3 Å². The highest BCUT2D eigenvalue weighted by Gasteiger charge is 2.50. The van der Waals surface area contributed by atoms with Crippen molar-refractivity contribution in [2.24, 2.45) is 0 Å². The molecule has 0 saturated heterocycles. The highest BCUT2D eigenvalue weighted by atomic mass is 32.1. The van der Waals surface area contributed by atoms with E-state index in [2.05, 4.69) is 216 Å². The molecule has 2 aromatic heterocycles. The smallest absolute Gasteiger partial charge is 0.0727 e. The summed E-state index contributed by atoms with van der Waals surface area (Å²) in [5.74, 6) is 0. The van der Waals surface area contributed by atoms with Gasteiger partial charge in [-0.1, -0.05) is 140 Å². The SMILES string of the molecule is c1ccc(N(c2ccc3ccccc3c2)c2cc3c4c(ccc5c4c4c(cccc4n5-c4cccc5sc6ccccc6c45)C34c3ccccc3-c3ccccc34)c2)cc1. The summed E-state index contributed by atoms with van der Waals surface area (Å²) < 4.78 is 5.20. The number of rotatable bonds is 4. The van der Waals surface area contributed by atoms with Crippen LogP contribution in [0.3, 0.4) is 0 Å². The number of benzene rings is 10. The van der Waals surface area contributed by atoms with Gasteiger partial charge in [0.25, 0.3) is 0 Å². The van der Waals surface area contributed by atoms with E-state index in [0.29, 0.717) is 0 Å². The summed E-state index contributed by atoms with van der Waals surface area (Å²) in [7, 11) is 0. The van der Waals surface area contributed by atoms with E-state index in [4.69, 9.17) is 0 Å². The fraction of sp³-hybridized carbons (Fsp3) is 0.0175. The van der Waals surface area contributed by atoms with E-state index >= 15 is 0 Å². The van der Waals surface area contributed by atoms with Crippen molar-refractivity contribution in [2.45, 2.75) is 5.41 Å². The molecule has 1 spiro atoms. The molecule has 2 aliphatic rings. The van der Waals surface area contributed by atoms with Crippen LogP contribution < -0.4 is 4.90 Å². The zero-order chi connectivity index (χ0) is 39.1. The Morgan fingerprint density at radius 1 is 0.367 bits per heavy atom. The summed E-state index contributed by atoms with van der Waals surface area (Å²) in [4.78, 5) is 2.46. The first kappa shape index (κ1) is 32.5. The minimum Gasteiger partial charge on any atom is -0.310 e. The standard InChI is InChI=1S/C57H34N2S/c1-2-16-38(17-3-1)58(39-30-28-35-14-4-5-15-36(35)32-39)40-33-37-29-31-50-56-53(37)47(34-40)57(44-21-9-6-18-41(44)42-19-7-10-22-45(42)57)46-23-12-24-49(55(46)56)59(50)48-25-13-27-52-54(48)43-20-8-11-26-51(43)60-52/h1-34H. The van der Waals surface area contributed by atoms with E-state index in [1.165, 1.54) is 103 Å². The van der Waals surface area contributed by atoms with Gasteiger partial charge in [0.1, 0.15) is 0 Å². The third-order valence-electron chi connectivity index (χ3n) is 13.5. The molecule has 2 aliphatic carbocycles. The van der Waals surface area contributed by atoms with E-state index in [1.54, 1.807) is 0 Å². The lowest BCUT2D eigenvalue weighted by Crippen LogP contribution is -2.31. The Bertz CT molecular complexity index is 3750. The zero-order valence-electron chi connectivity index (χ0n) is 32.4. The van der Waals surface area contributed by atoms with Crippen molar-refractivity contribution in [3.63, 3.8) is 0 Å². The van der Waals surface area contributed by atoms with E-state index in [1.807, 2.05) is 11.3 Å². The van der Waals surface area contributed by atoms with Gasteiger partial charge in [-0.25, -0.2) is 0 Å². The number of hydrogen-bond acceptors (Lipinski definition) is 2. The molecule has 0 radical (unpaired) electrons. The van der Waals surface area contributed by atoms with Crippen LogP contribution in [0.2, 0.25) is 0 Å². The zero-order valence-corrected chi connectivity index (χ0v) is 33.2. The van der Waals surface area contributed by atoms with Crippen LogP contribution >= 0.6 is 11.3 Å². The number of hydrogen-bond donors (Lipinski definition) is 0. The van der Waals surface area contributed by atoms with E-state index in [0.717, 1.165) is 17.1 Å². The van der Waals surface area contributed by atoms with Crippen molar-refractivity contribution >= 4 is 91.9 Å². The lowest BCUT2D eigenvalue weighted by molar-refractivity contribution is 0.783. The van der Waals surface area contributed by atoms with Gasteiger partial charge in [-0.3, -0.25) is 0 Å². The molecule has 278 valence electrons. The molecule has 12 aromatic rings. The maximum atomic E-state index is 2.57. The Balaban J connectivity index is 1.16. The van der Waals surface area contributed by atoms with Gasteiger partial charge >= 0.3 is 0 Å². The molecule has 0 amide bonds. The van der Waals surface area contributed by atoms with Crippen molar-refractivity contribution in [1.82, 2.24) is 4.57 Å². The molecular formula is C57H34N2S. The number of nitrogens with zero attached hydrogens (tertiary/aromatic N) is 2. The Morgan fingerprint density at radius 2 is 1.02 bits per heavy atom. The average molecular weight is 779 g/mol. The molecule has 2 nitrogen and oxygen atoms in total. The third kappa shape index (κ3) is 4.07. The molecule has 0 saturated carbocycles. The molecule has 0 N–H and O–H groups in total. The van der Waals surface area contributed by atoms with Gasteiger partial charge in [0.15, 0.2) is 0 Å². The van der Waals surface area contributed by atoms with E-state index in [9.17, 15) is 0 Å². The molecule has 2 heterocycles. The van der Waals surface area contributed by atoms with Gasteiger partial charge in [0, 0.05) is 48.0 Å². The fourth-order valence-electron chi connectivity index (χ4n) is 11.2. The molecule has 0 atom stereocenters. The molecule has 0 aliphatic heterocycles. The van der Waals surface area contributed by atoms with Crippen LogP contribution in [0.5, 0.6) is 0 Å². The fourth-order valence-corrected chi connectivity index (χ4v) is 12.4. The molecule has 10 aromatic carbocycles. The van der Waals surface area contributed by atoms with Gasteiger partial charge < -0.3 is 9.47 Å². The first-order valence-electron chi connectivity index (χ1n) is 20.8. The van der Waals surface area contributed by atoms with Gasteiger partial charge in [0.05, 0.1) is 22.1 Å². The van der Waals surface area contributed by atoms with Crippen LogP contribution in [-0.2, 0) is 5.41 Å². The molecule has 14 rings (SSSR count). The Morgan fingerprint density at radius 3 is 1.87 bits per heavy atom. The number of thiophene rings is 1. The maximum absolute atomic E-state index is 2.57. The highest BCUT2D eigenvalue weighted by Crippen LogP contribution is 2.63. The van der Waals surface area contributed by atoms with Crippen molar-refractivity contribution in [3.05, 3.63) is 229 Å². The first-order valence-corrected chi connectivity index (χ1v) is 21.6. The van der Waals surface area contributed by atoms with Crippen LogP contribution in [0.1, 0.15) is 22.3 Å². The summed E-state index contributed by atoms with van der Waals surface area (Å²) in [6.45, 7) is 0. The minimum absolute atomic E-state index is 0.554. The van der Waals surface area contributed by atoms with E-state index < -0.39 is 5.41 Å². The molecule has 60 heavy (non-hydrogen) atoms. The van der Waals surface area contributed by atoms with Gasteiger partial charge in [-0.05, 0) is 122 Å². The number of para-hydroxylation sites is 1. The van der Waals surface area contributed by atoms with Gasteiger partial charge in [-0.2, -0.15) is 0 Å². The van der Waals surface area contributed by atoms with Crippen LogP contribution in [0.25, 0.3) is 80.3 Å². The van der Waals surface area contributed by atoms with Crippen molar-refractivity contribution < 1.29 is 0 Å². The van der Waals surface area contributed by atoms with Crippen LogP contribution in [-0.4, -0.2) is 4.57 Å². The Labute approximate surface area is 350 Å². The summed E-state index contributed by atoms with van der Waals surface area (Å²) in [6.07, 6.45) is 0. The highest BCUT2D eigenvalue weighted by molar-refractivity contribution is 7.25. The summed E-state index contributed by atoms with van der Waals surface area (Å²) in [5.41, 5.74) is 14.5. The summed E-state index contributed by atoms with van der Waals surface area (Å²) in [6, 6.07) is 77.3. The van der Waals surface area contributed by atoms with Crippen LogP contribution in [0.4, 0.5) is 17.1 Å². The number of anilines is 3. The van der Waals surface area contributed by atoms with E-state index in [-0.39, 0.29) is 0 Å². The van der Waals surface area contributed by atoms with Crippen molar-refractivity contribution in [2.75, 3.05) is 4.90 Å². The number of aromatic nitrogens is 1. The summed E-state index contributed by atoms with van der Waals surface area (Å²) in [5, 5.41) is 10.3. The second-order valence-corrected chi connectivity index (χ2v) is 17.5. The molecular weight excluding hydrogens is 745 g/mol. The predicted molar refractivity (Wildman–Crippen MR) is 254 cm³/mol. The average Bonchev–Trinajstić information content (AvgIpc) is 3.96. The van der Waals surface area contributed by atoms with Crippen molar-refractivity contribution in [1.29, 1.82) is 0 Å². The lowest BCUT2D eigenvalue weighted by atomic mass is 9.63. The second-order valence-electron chi connectivity index (χ2n) is 16.4. The van der Waals surface area contributed by atoms with Gasteiger partial charge in [0.2, 0.25) is 0 Å². The third-order valence-corrected chi connectivity index (χ3v) is 14.6. The van der Waals surface area contributed by atoms with Crippen LogP contribution in [0.15, 0.2) is 206 Å². The Kier molecular flexibility index (Phi) is 6.40. The topological polar surface area (TPSA) is 8.17 Å².